The highest BCUT2D eigenvalue weighted by atomic mass is 16.6. The van der Waals surface area contributed by atoms with Gasteiger partial charge in [0, 0.05) is 5.56 Å². The van der Waals surface area contributed by atoms with Gasteiger partial charge < -0.3 is 14.2 Å². The molecular weight excluding hydrogens is 452 g/mol. The van der Waals surface area contributed by atoms with Crippen molar-refractivity contribution in [3.63, 3.8) is 0 Å². The van der Waals surface area contributed by atoms with E-state index in [9.17, 15) is 9.59 Å². The summed E-state index contributed by atoms with van der Waals surface area (Å²) >= 11 is 0. The number of ether oxygens (including phenoxy) is 3. The summed E-state index contributed by atoms with van der Waals surface area (Å²) < 4.78 is 17.4. The molecule has 5 heteroatoms. The molecule has 5 nitrogen and oxygen atoms in total. The number of aryl methyl sites for hydroxylation is 2. The van der Waals surface area contributed by atoms with E-state index in [0.717, 1.165) is 28.9 Å². The zero-order valence-electron chi connectivity index (χ0n) is 23.2. The Morgan fingerprint density at radius 3 is 2.06 bits per heavy atom. The van der Waals surface area contributed by atoms with Gasteiger partial charge in [0.2, 0.25) is 0 Å². The van der Waals surface area contributed by atoms with Crippen LogP contribution in [0.15, 0.2) is 42.5 Å². The van der Waals surface area contributed by atoms with Gasteiger partial charge in [0.15, 0.2) is 11.4 Å². The molecule has 196 valence electrons. The van der Waals surface area contributed by atoms with Gasteiger partial charge in [0.25, 0.3) is 0 Å². The minimum atomic E-state index is -1.14. The quantitative estimate of drug-likeness (QED) is 0.131. The van der Waals surface area contributed by atoms with Crippen LogP contribution in [0.2, 0.25) is 0 Å². The first kappa shape index (κ1) is 29.2. The molecule has 2 rings (SSSR count). The highest BCUT2D eigenvalue weighted by Crippen LogP contribution is 2.30. The van der Waals surface area contributed by atoms with E-state index < -0.39 is 17.2 Å². The Hall–Kier alpha value is -3.08. The number of allylic oxidation sites excluding steroid dienone is 1. The number of carbonyl (C=O) groups excluding carboxylic acids is 2. The lowest BCUT2D eigenvalue weighted by Crippen LogP contribution is -2.43. The fraction of sp³-hybridized carbons (Fsp3) is 0.484. The molecule has 0 N–H and O–H groups in total. The number of ketones is 1. The molecule has 0 atom stereocenters. The van der Waals surface area contributed by atoms with Crippen LogP contribution in [0.25, 0.3) is 6.08 Å². The predicted molar refractivity (Wildman–Crippen MR) is 146 cm³/mol. The summed E-state index contributed by atoms with van der Waals surface area (Å²) in [5, 5.41) is 0. The van der Waals surface area contributed by atoms with Crippen molar-refractivity contribution in [2.75, 3.05) is 6.61 Å². The van der Waals surface area contributed by atoms with Gasteiger partial charge in [-0.1, -0.05) is 32.3 Å². The first-order valence-electron chi connectivity index (χ1n) is 12.8. The van der Waals surface area contributed by atoms with Crippen molar-refractivity contribution in [1.82, 2.24) is 0 Å². The highest BCUT2D eigenvalue weighted by Gasteiger charge is 2.35. The fourth-order valence-electron chi connectivity index (χ4n) is 3.64. The average molecular weight is 495 g/mol. The molecule has 0 radical (unpaired) electrons. The third-order valence-corrected chi connectivity index (χ3v) is 5.56. The van der Waals surface area contributed by atoms with E-state index in [1.165, 1.54) is 19.3 Å². The maximum atomic E-state index is 12.7. The van der Waals surface area contributed by atoms with Gasteiger partial charge in [-0.3, -0.25) is 4.79 Å². The molecule has 0 aliphatic heterocycles. The van der Waals surface area contributed by atoms with Crippen LogP contribution in [-0.2, 0) is 9.53 Å². The number of benzene rings is 2. The Morgan fingerprint density at radius 2 is 1.50 bits per heavy atom. The molecule has 0 aliphatic carbocycles. The van der Waals surface area contributed by atoms with Gasteiger partial charge in [-0.2, -0.15) is 0 Å². The van der Waals surface area contributed by atoms with Crippen LogP contribution < -0.4 is 9.47 Å². The molecule has 0 saturated carbocycles. The summed E-state index contributed by atoms with van der Waals surface area (Å²) in [5.74, 6) is 0.922. The van der Waals surface area contributed by atoms with Crippen LogP contribution in [0.3, 0.4) is 0 Å². The summed E-state index contributed by atoms with van der Waals surface area (Å²) in [6.07, 6.45) is 8.00. The van der Waals surface area contributed by atoms with Crippen molar-refractivity contribution in [3.05, 3.63) is 64.7 Å². The van der Waals surface area contributed by atoms with Gasteiger partial charge in [0.05, 0.1) is 6.61 Å². The van der Waals surface area contributed by atoms with Crippen LogP contribution in [0, 0.1) is 13.8 Å². The Bertz CT molecular complexity index is 1030. The average Bonchev–Trinajstić information content (AvgIpc) is 2.79. The summed E-state index contributed by atoms with van der Waals surface area (Å²) in [7, 11) is 0. The number of hydrogen-bond donors (Lipinski definition) is 0. The molecular formula is C31H42O5. The lowest BCUT2D eigenvalue weighted by atomic mass is 10.0. The molecule has 0 unspecified atom stereocenters. The normalized spacial score (nSPS) is 12.0. The number of hydrogen-bond acceptors (Lipinski definition) is 5. The zero-order chi connectivity index (χ0) is 26.9. The maximum Gasteiger partial charge on any atom is 0.350 e. The number of rotatable bonds is 12. The first-order valence-corrected chi connectivity index (χ1v) is 12.8. The molecule has 0 aliphatic rings. The van der Waals surface area contributed by atoms with Gasteiger partial charge >= 0.3 is 5.97 Å². The number of carbonyl (C=O) groups is 2. The third kappa shape index (κ3) is 9.18. The summed E-state index contributed by atoms with van der Waals surface area (Å²) in [4.78, 5) is 25.3. The monoisotopic (exact) mass is 494 g/mol. The molecule has 2 aromatic rings. The zero-order valence-corrected chi connectivity index (χ0v) is 23.2. The van der Waals surface area contributed by atoms with E-state index in [1.54, 1.807) is 38.1 Å². The second kappa shape index (κ2) is 12.8. The largest absolute Gasteiger partial charge is 0.494 e. The van der Waals surface area contributed by atoms with Crippen molar-refractivity contribution in [3.8, 4) is 11.5 Å². The molecule has 2 aromatic carbocycles. The van der Waals surface area contributed by atoms with E-state index in [2.05, 4.69) is 6.92 Å². The lowest BCUT2D eigenvalue weighted by Gasteiger charge is -2.30. The molecule has 0 heterocycles. The van der Waals surface area contributed by atoms with Gasteiger partial charge in [0.1, 0.15) is 17.1 Å². The molecule has 0 fully saturated rings. The van der Waals surface area contributed by atoms with Gasteiger partial charge in [-0.25, -0.2) is 4.79 Å². The molecule has 0 saturated heterocycles. The summed E-state index contributed by atoms with van der Waals surface area (Å²) in [6, 6.07) is 11.1. The molecule has 36 heavy (non-hydrogen) atoms. The first-order chi connectivity index (χ1) is 16.8. The Balaban J connectivity index is 2.04. The van der Waals surface area contributed by atoms with Crippen LogP contribution in [0.4, 0.5) is 0 Å². The molecule has 0 aromatic heterocycles. The summed E-state index contributed by atoms with van der Waals surface area (Å²) in [6.45, 7) is 15.6. The van der Waals surface area contributed by atoms with E-state index in [4.69, 9.17) is 14.2 Å². The van der Waals surface area contributed by atoms with E-state index in [0.29, 0.717) is 17.9 Å². The second-order valence-electron chi connectivity index (χ2n) is 10.7. The van der Waals surface area contributed by atoms with Crippen molar-refractivity contribution in [1.29, 1.82) is 0 Å². The fourth-order valence-corrected chi connectivity index (χ4v) is 3.64. The van der Waals surface area contributed by atoms with E-state index >= 15 is 0 Å². The maximum absolute atomic E-state index is 12.7. The highest BCUT2D eigenvalue weighted by molar-refractivity contribution is 6.06. The van der Waals surface area contributed by atoms with Crippen LogP contribution >= 0.6 is 0 Å². The Labute approximate surface area is 216 Å². The second-order valence-corrected chi connectivity index (χ2v) is 10.7. The lowest BCUT2D eigenvalue weighted by molar-refractivity contribution is -0.171. The summed E-state index contributed by atoms with van der Waals surface area (Å²) in [5.41, 5.74) is 1.51. The van der Waals surface area contributed by atoms with Gasteiger partial charge in [-0.05, 0) is 114 Å². The van der Waals surface area contributed by atoms with Crippen LogP contribution in [0.1, 0.15) is 94.3 Å². The molecule has 0 amide bonds. The molecule has 0 bridgehead atoms. The number of esters is 1. The van der Waals surface area contributed by atoms with Crippen LogP contribution in [-0.4, -0.2) is 29.6 Å². The molecule has 0 spiro atoms. The van der Waals surface area contributed by atoms with Crippen molar-refractivity contribution in [2.45, 2.75) is 92.3 Å². The Kier molecular flexibility index (Phi) is 10.3. The van der Waals surface area contributed by atoms with E-state index in [-0.39, 0.29) is 5.78 Å². The minimum absolute atomic E-state index is 0.0776. The van der Waals surface area contributed by atoms with E-state index in [1.807, 2.05) is 58.9 Å². The van der Waals surface area contributed by atoms with Crippen molar-refractivity contribution in [2.24, 2.45) is 0 Å². The topological polar surface area (TPSA) is 61.8 Å². The predicted octanol–water partition coefficient (Wildman–Crippen LogP) is 7.66. The minimum Gasteiger partial charge on any atom is -0.494 e. The number of unbranched alkanes of at least 4 members (excludes halogenated alkanes) is 3. The third-order valence-electron chi connectivity index (χ3n) is 5.56. The Morgan fingerprint density at radius 1 is 0.889 bits per heavy atom. The van der Waals surface area contributed by atoms with Gasteiger partial charge in [-0.15, -0.1) is 0 Å². The SMILES string of the molecule is CCCCCCOc1ccc(C(=O)/C=C/c2cc(C)c(OC(C)(C)C(=O)OC(C)(C)C)c(C)c2)cc1. The standard InChI is InChI=1S/C31H42O5/c1-9-10-11-12-19-34-26-16-14-25(15-17-26)27(32)18-13-24-20-22(2)28(23(3)21-24)35-31(7,8)29(33)36-30(4,5)6/h13-18,20-21H,9-12,19H2,1-8H3/b18-13+. The van der Waals surface area contributed by atoms with Crippen molar-refractivity contribution >= 4 is 17.8 Å². The smallest absolute Gasteiger partial charge is 0.350 e. The van der Waals surface area contributed by atoms with Crippen LogP contribution in [0.5, 0.6) is 11.5 Å². The van der Waals surface area contributed by atoms with Crippen molar-refractivity contribution < 1.29 is 23.8 Å².